The summed E-state index contributed by atoms with van der Waals surface area (Å²) in [4.78, 5) is 14.0. The molecule has 1 unspecified atom stereocenters. The van der Waals surface area contributed by atoms with Gasteiger partial charge in [0.25, 0.3) is 0 Å². The summed E-state index contributed by atoms with van der Waals surface area (Å²) in [6.45, 7) is 2.14. The van der Waals surface area contributed by atoms with Gasteiger partial charge in [-0.2, -0.15) is 11.8 Å². The van der Waals surface area contributed by atoms with E-state index < -0.39 is 0 Å². The van der Waals surface area contributed by atoms with Crippen molar-refractivity contribution >= 4 is 17.7 Å². The fraction of sp³-hybridized carbons (Fsp3) is 0.562. The number of hydrogen-bond donors (Lipinski definition) is 0. The maximum atomic E-state index is 13.1. The highest BCUT2D eigenvalue weighted by Crippen LogP contribution is 2.20. The molecular weight excluding hydrogens is 289 g/mol. The number of rotatable bonds is 6. The molecule has 1 heterocycles. The largest absolute Gasteiger partial charge is 0.493 e. The molecule has 1 fully saturated rings. The zero-order valence-electron chi connectivity index (χ0n) is 12.4. The highest BCUT2D eigenvalue weighted by atomic mass is 32.2. The number of carbonyl (C=O) groups excluding carboxylic acids is 1. The van der Waals surface area contributed by atoms with Crippen LogP contribution in [0.2, 0.25) is 0 Å². The minimum Gasteiger partial charge on any atom is -0.493 e. The van der Waals surface area contributed by atoms with Crippen molar-refractivity contribution in [3.05, 3.63) is 30.1 Å². The molecule has 5 heteroatoms. The Bertz CT molecular complexity index is 469. The van der Waals surface area contributed by atoms with E-state index in [-0.39, 0.29) is 11.7 Å². The van der Waals surface area contributed by atoms with Crippen molar-refractivity contribution in [2.24, 2.45) is 5.92 Å². The lowest BCUT2D eigenvalue weighted by Crippen LogP contribution is -2.41. The average molecular weight is 311 g/mol. The van der Waals surface area contributed by atoms with E-state index >= 15 is 0 Å². The number of carbonyl (C=O) groups is 1. The molecule has 0 spiro atoms. The van der Waals surface area contributed by atoms with E-state index in [0.29, 0.717) is 24.7 Å². The summed E-state index contributed by atoms with van der Waals surface area (Å²) in [7, 11) is 0. The molecule has 0 aromatic heterocycles. The molecule has 1 amide bonds. The van der Waals surface area contributed by atoms with Gasteiger partial charge in [0.2, 0.25) is 5.91 Å². The summed E-state index contributed by atoms with van der Waals surface area (Å²) < 4.78 is 18.7. The second-order valence-electron chi connectivity index (χ2n) is 5.36. The lowest BCUT2D eigenvalue weighted by molar-refractivity contribution is -0.132. The lowest BCUT2D eigenvalue weighted by atomic mass is 9.99. The molecule has 0 saturated carbocycles. The summed E-state index contributed by atoms with van der Waals surface area (Å²) in [6, 6.07) is 6.20. The van der Waals surface area contributed by atoms with Gasteiger partial charge in [-0.1, -0.05) is 6.07 Å². The van der Waals surface area contributed by atoms with Crippen LogP contribution in [0.3, 0.4) is 0 Å². The Kier molecular flexibility index (Phi) is 6.36. The van der Waals surface area contributed by atoms with Gasteiger partial charge in [-0.3, -0.25) is 4.79 Å². The molecule has 2 rings (SSSR count). The molecule has 3 nitrogen and oxygen atoms in total. The van der Waals surface area contributed by atoms with Crippen molar-refractivity contribution in [3.8, 4) is 5.75 Å². The topological polar surface area (TPSA) is 29.5 Å². The Hall–Kier alpha value is -1.23. The van der Waals surface area contributed by atoms with Gasteiger partial charge >= 0.3 is 0 Å². The van der Waals surface area contributed by atoms with Crippen molar-refractivity contribution in [2.45, 2.75) is 19.3 Å². The first-order chi connectivity index (χ1) is 10.2. The molecule has 0 aliphatic carbocycles. The van der Waals surface area contributed by atoms with Gasteiger partial charge in [-0.05, 0) is 31.2 Å². The first kappa shape index (κ1) is 16.1. The molecule has 1 aromatic rings. The average Bonchev–Trinajstić information content (AvgIpc) is 2.51. The summed E-state index contributed by atoms with van der Waals surface area (Å²) in [5.41, 5.74) is 0. The van der Waals surface area contributed by atoms with E-state index in [1.54, 1.807) is 23.9 Å². The SMILES string of the molecule is CSCCC(=O)N1CCCC(COc2cccc(F)c2)C1. The number of halogens is 1. The van der Waals surface area contributed by atoms with Crippen LogP contribution in [0.5, 0.6) is 5.75 Å². The van der Waals surface area contributed by atoms with Crippen LogP contribution in [0.15, 0.2) is 24.3 Å². The van der Waals surface area contributed by atoms with Crippen LogP contribution >= 0.6 is 11.8 Å². The number of ether oxygens (including phenoxy) is 1. The van der Waals surface area contributed by atoms with Gasteiger partial charge in [0.15, 0.2) is 0 Å². The Morgan fingerprint density at radius 1 is 1.52 bits per heavy atom. The number of amides is 1. The normalized spacial score (nSPS) is 18.6. The van der Waals surface area contributed by atoms with E-state index in [4.69, 9.17) is 4.74 Å². The number of hydrogen-bond acceptors (Lipinski definition) is 3. The third-order valence-electron chi connectivity index (χ3n) is 3.67. The predicted molar refractivity (Wildman–Crippen MR) is 84.2 cm³/mol. The van der Waals surface area contributed by atoms with E-state index in [1.165, 1.54) is 12.1 Å². The van der Waals surface area contributed by atoms with Crippen molar-refractivity contribution in [1.29, 1.82) is 0 Å². The molecule has 21 heavy (non-hydrogen) atoms. The molecular formula is C16H22FNO2S. The third-order valence-corrected chi connectivity index (χ3v) is 4.29. The third kappa shape index (κ3) is 5.23. The monoisotopic (exact) mass is 311 g/mol. The second-order valence-corrected chi connectivity index (χ2v) is 6.34. The molecule has 1 atom stereocenters. The Morgan fingerprint density at radius 3 is 3.14 bits per heavy atom. The van der Waals surface area contributed by atoms with Crippen LogP contribution in [0.25, 0.3) is 0 Å². The van der Waals surface area contributed by atoms with Crippen molar-refractivity contribution in [2.75, 3.05) is 31.7 Å². The number of piperidine rings is 1. The molecule has 116 valence electrons. The van der Waals surface area contributed by atoms with E-state index in [2.05, 4.69) is 0 Å². The minimum atomic E-state index is -0.287. The van der Waals surface area contributed by atoms with Crippen LogP contribution in [0, 0.1) is 11.7 Å². The number of likely N-dealkylation sites (tertiary alicyclic amines) is 1. The summed E-state index contributed by atoms with van der Waals surface area (Å²) in [5, 5.41) is 0. The van der Waals surface area contributed by atoms with Gasteiger partial charge in [0.05, 0.1) is 6.61 Å². The van der Waals surface area contributed by atoms with Crippen molar-refractivity contribution in [1.82, 2.24) is 4.90 Å². The van der Waals surface area contributed by atoms with Crippen LogP contribution in [0.1, 0.15) is 19.3 Å². The molecule has 1 aliphatic heterocycles. The van der Waals surface area contributed by atoms with E-state index in [9.17, 15) is 9.18 Å². The van der Waals surface area contributed by atoms with E-state index in [0.717, 1.165) is 31.7 Å². The van der Waals surface area contributed by atoms with Gasteiger partial charge in [0, 0.05) is 37.2 Å². The highest BCUT2D eigenvalue weighted by Gasteiger charge is 2.23. The maximum Gasteiger partial charge on any atom is 0.223 e. The minimum absolute atomic E-state index is 0.236. The quantitative estimate of drug-likeness (QED) is 0.808. The molecule has 1 aliphatic rings. The molecule has 1 aromatic carbocycles. The molecule has 0 bridgehead atoms. The predicted octanol–water partition coefficient (Wildman–Crippen LogP) is 3.20. The van der Waals surface area contributed by atoms with Crippen LogP contribution in [0.4, 0.5) is 4.39 Å². The molecule has 0 radical (unpaired) electrons. The number of benzene rings is 1. The number of nitrogens with zero attached hydrogens (tertiary/aromatic N) is 1. The fourth-order valence-corrected chi connectivity index (χ4v) is 2.92. The first-order valence-corrected chi connectivity index (χ1v) is 8.73. The van der Waals surface area contributed by atoms with Gasteiger partial charge < -0.3 is 9.64 Å². The second kappa shape index (κ2) is 8.27. The van der Waals surface area contributed by atoms with Crippen LogP contribution in [-0.2, 0) is 4.79 Å². The molecule has 0 N–H and O–H groups in total. The summed E-state index contributed by atoms with van der Waals surface area (Å²) in [5.74, 6) is 1.71. The Labute approximate surface area is 129 Å². The van der Waals surface area contributed by atoms with Crippen molar-refractivity contribution < 1.29 is 13.9 Å². The van der Waals surface area contributed by atoms with Crippen molar-refractivity contribution in [3.63, 3.8) is 0 Å². The lowest BCUT2D eigenvalue weighted by Gasteiger charge is -2.32. The summed E-state index contributed by atoms with van der Waals surface area (Å²) in [6.07, 6.45) is 4.70. The fourth-order valence-electron chi connectivity index (χ4n) is 2.55. The van der Waals surface area contributed by atoms with Gasteiger partial charge in [-0.25, -0.2) is 4.39 Å². The van der Waals surface area contributed by atoms with Crippen LogP contribution < -0.4 is 4.74 Å². The van der Waals surface area contributed by atoms with E-state index in [1.807, 2.05) is 11.2 Å². The zero-order valence-corrected chi connectivity index (χ0v) is 13.2. The standard InChI is InChI=1S/C16H22FNO2S/c1-21-9-7-16(19)18-8-3-4-13(11-18)12-20-15-6-2-5-14(17)10-15/h2,5-6,10,13H,3-4,7-9,11-12H2,1H3. The maximum absolute atomic E-state index is 13.1. The summed E-state index contributed by atoms with van der Waals surface area (Å²) >= 11 is 1.70. The zero-order chi connectivity index (χ0) is 15.1. The number of thioether (sulfide) groups is 1. The van der Waals surface area contributed by atoms with Crippen LogP contribution in [-0.4, -0.2) is 42.5 Å². The first-order valence-electron chi connectivity index (χ1n) is 7.34. The van der Waals surface area contributed by atoms with Gasteiger partial charge in [0.1, 0.15) is 11.6 Å². The Morgan fingerprint density at radius 2 is 2.38 bits per heavy atom. The smallest absolute Gasteiger partial charge is 0.223 e. The Balaban J connectivity index is 1.80. The highest BCUT2D eigenvalue weighted by molar-refractivity contribution is 7.98. The molecule has 1 saturated heterocycles. The van der Waals surface area contributed by atoms with Gasteiger partial charge in [-0.15, -0.1) is 0 Å².